The molecule has 1 aliphatic heterocycles. The Labute approximate surface area is 152 Å². The highest BCUT2D eigenvalue weighted by molar-refractivity contribution is 7.91. The first-order valence-corrected chi connectivity index (χ1v) is 9.94. The molecule has 1 aliphatic rings. The first-order chi connectivity index (χ1) is 12.1. The number of amides is 1. The van der Waals surface area contributed by atoms with Crippen LogP contribution in [0.15, 0.2) is 18.2 Å². The Balaban J connectivity index is 1.91. The molecular formula is C17H22FNO6S. The van der Waals surface area contributed by atoms with Crippen LogP contribution in [0.1, 0.15) is 18.9 Å². The zero-order valence-corrected chi connectivity index (χ0v) is 15.7. The summed E-state index contributed by atoms with van der Waals surface area (Å²) in [6.07, 6.45) is -0.880. The second kappa shape index (κ2) is 8.03. The minimum Gasteiger partial charge on any atom is -0.494 e. The van der Waals surface area contributed by atoms with Crippen molar-refractivity contribution in [2.24, 2.45) is 0 Å². The molecule has 0 aromatic heterocycles. The average Bonchev–Trinajstić information content (AvgIpc) is 2.93. The molecule has 144 valence electrons. The number of likely N-dealkylation sites (N-methyl/N-ethyl adjacent to an activating group) is 1. The smallest absolute Gasteiger partial charge is 0.311 e. The fraction of sp³-hybridized carbons (Fsp3) is 0.529. The van der Waals surface area contributed by atoms with Gasteiger partial charge in [0, 0.05) is 13.1 Å². The number of methoxy groups -OCH3 is 1. The lowest BCUT2D eigenvalue weighted by atomic mass is 10.1. The van der Waals surface area contributed by atoms with Gasteiger partial charge in [-0.2, -0.15) is 0 Å². The van der Waals surface area contributed by atoms with E-state index in [2.05, 4.69) is 0 Å². The number of carbonyl (C=O) groups excluding carboxylic acids is 2. The number of sulfone groups is 1. The Morgan fingerprint density at radius 3 is 2.62 bits per heavy atom. The molecule has 1 fully saturated rings. The molecule has 1 aromatic rings. The standard InChI is InChI=1S/C17H22FNO6S/c1-11(17(21)19(2)13-6-7-26(22,23)10-13)25-16(20)9-12-4-5-15(24-3)14(18)8-12/h4-5,8,11,13H,6-7,9-10H2,1-3H3/t11-,13+/m0/s1. The fourth-order valence-electron chi connectivity index (χ4n) is 2.82. The summed E-state index contributed by atoms with van der Waals surface area (Å²) < 4.78 is 46.6. The van der Waals surface area contributed by atoms with Crippen LogP contribution in [0.25, 0.3) is 0 Å². The van der Waals surface area contributed by atoms with E-state index >= 15 is 0 Å². The number of carbonyl (C=O) groups is 2. The summed E-state index contributed by atoms with van der Waals surface area (Å²) in [5.74, 6) is -1.71. The number of hydrogen-bond donors (Lipinski definition) is 0. The van der Waals surface area contributed by atoms with Gasteiger partial charge in [0.05, 0.1) is 25.0 Å². The molecular weight excluding hydrogens is 365 g/mol. The molecule has 0 saturated carbocycles. The third-order valence-corrected chi connectivity index (χ3v) is 6.07. The third kappa shape index (κ3) is 4.94. The van der Waals surface area contributed by atoms with Crippen LogP contribution < -0.4 is 4.74 Å². The van der Waals surface area contributed by atoms with E-state index in [1.165, 1.54) is 44.2 Å². The summed E-state index contributed by atoms with van der Waals surface area (Å²) >= 11 is 0. The molecule has 1 aromatic carbocycles. The second-order valence-corrected chi connectivity index (χ2v) is 8.51. The van der Waals surface area contributed by atoms with Gasteiger partial charge in [0.2, 0.25) is 0 Å². The largest absolute Gasteiger partial charge is 0.494 e. The summed E-state index contributed by atoms with van der Waals surface area (Å²) in [7, 11) is -0.285. The van der Waals surface area contributed by atoms with Crippen molar-refractivity contribution in [2.45, 2.75) is 31.9 Å². The van der Waals surface area contributed by atoms with Crippen LogP contribution in [0.3, 0.4) is 0 Å². The molecule has 0 unspecified atom stereocenters. The second-order valence-electron chi connectivity index (χ2n) is 6.28. The number of esters is 1. The molecule has 1 saturated heterocycles. The van der Waals surface area contributed by atoms with E-state index in [1.54, 1.807) is 0 Å². The highest BCUT2D eigenvalue weighted by Crippen LogP contribution is 2.19. The van der Waals surface area contributed by atoms with Crippen molar-refractivity contribution in [2.75, 3.05) is 25.7 Å². The Morgan fingerprint density at radius 2 is 2.08 bits per heavy atom. The third-order valence-electron chi connectivity index (χ3n) is 4.32. The lowest BCUT2D eigenvalue weighted by Gasteiger charge is -2.26. The SMILES string of the molecule is COc1ccc(CC(=O)O[C@@H](C)C(=O)N(C)[C@@H]2CCS(=O)(=O)C2)cc1F. The van der Waals surface area contributed by atoms with Gasteiger partial charge in [0.1, 0.15) is 0 Å². The van der Waals surface area contributed by atoms with Crippen LogP contribution >= 0.6 is 0 Å². The summed E-state index contributed by atoms with van der Waals surface area (Å²) in [4.78, 5) is 25.7. The molecule has 1 amide bonds. The predicted molar refractivity (Wildman–Crippen MR) is 92.0 cm³/mol. The van der Waals surface area contributed by atoms with Crippen LogP contribution in [0.2, 0.25) is 0 Å². The van der Waals surface area contributed by atoms with Crippen molar-refractivity contribution in [3.05, 3.63) is 29.6 Å². The lowest BCUT2D eigenvalue weighted by Crippen LogP contribution is -2.44. The Bertz CT molecular complexity index is 794. The number of benzene rings is 1. The Hall–Kier alpha value is -2.16. The summed E-state index contributed by atoms with van der Waals surface area (Å²) in [6.45, 7) is 1.43. The number of halogens is 1. The van der Waals surface area contributed by atoms with Gasteiger partial charge in [-0.05, 0) is 31.0 Å². The zero-order valence-electron chi connectivity index (χ0n) is 14.9. The zero-order chi connectivity index (χ0) is 19.5. The molecule has 26 heavy (non-hydrogen) atoms. The summed E-state index contributed by atoms with van der Waals surface area (Å²) in [5, 5.41) is 0. The van der Waals surface area contributed by atoms with Gasteiger partial charge in [0.15, 0.2) is 27.5 Å². The van der Waals surface area contributed by atoms with Gasteiger partial charge in [0.25, 0.3) is 5.91 Å². The highest BCUT2D eigenvalue weighted by atomic mass is 32.2. The normalized spacial score (nSPS) is 19.6. The number of hydrogen-bond acceptors (Lipinski definition) is 6. The van der Waals surface area contributed by atoms with E-state index < -0.39 is 39.7 Å². The number of rotatable bonds is 6. The maximum Gasteiger partial charge on any atom is 0.311 e. The van der Waals surface area contributed by atoms with Crippen molar-refractivity contribution in [3.63, 3.8) is 0 Å². The minimum atomic E-state index is -3.12. The van der Waals surface area contributed by atoms with Gasteiger partial charge < -0.3 is 14.4 Å². The fourth-order valence-corrected chi connectivity index (χ4v) is 4.60. The maximum absolute atomic E-state index is 13.6. The van der Waals surface area contributed by atoms with E-state index in [4.69, 9.17) is 9.47 Å². The van der Waals surface area contributed by atoms with Crippen LogP contribution in [-0.4, -0.2) is 63.0 Å². The Morgan fingerprint density at radius 1 is 1.38 bits per heavy atom. The molecule has 7 nitrogen and oxygen atoms in total. The first-order valence-electron chi connectivity index (χ1n) is 8.12. The Kier molecular flexibility index (Phi) is 6.22. The molecule has 2 atom stereocenters. The van der Waals surface area contributed by atoms with Crippen molar-refractivity contribution in [3.8, 4) is 5.75 Å². The van der Waals surface area contributed by atoms with Crippen molar-refractivity contribution >= 4 is 21.7 Å². The van der Waals surface area contributed by atoms with Gasteiger partial charge in [-0.15, -0.1) is 0 Å². The summed E-state index contributed by atoms with van der Waals surface area (Å²) in [5.41, 5.74) is 0.392. The van der Waals surface area contributed by atoms with E-state index in [1.807, 2.05) is 0 Å². The molecule has 0 radical (unpaired) electrons. The predicted octanol–water partition coefficient (Wildman–Crippen LogP) is 0.954. The first kappa shape index (κ1) is 20.2. The average molecular weight is 387 g/mol. The molecule has 0 aliphatic carbocycles. The monoisotopic (exact) mass is 387 g/mol. The quantitative estimate of drug-likeness (QED) is 0.676. The molecule has 1 heterocycles. The van der Waals surface area contributed by atoms with Gasteiger partial charge >= 0.3 is 5.97 Å². The van der Waals surface area contributed by atoms with Gasteiger partial charge in [-0.25, -0.2) is 12.8 Å². The molecule has 0 bridgehead atoms. The van der Waals surface area contributed by atoms with Crippen LogP contribution in [0.5, 0.6) is 5.75 Å². The molecule has 0 spiro atoms. The lowest BCUT2D eigenvalue weighted by molar-refractivity contribution is -0.158. The van der Waals surface area contributed by atoms with E-state index in [9.17, 15) is 22.4 Å². The van der Waals surface area contributed by atoms with E-state index in [-0.39, 0.29) is 23.7 Å². The topological polar surface area (TPSA) is 90.0 Å². The molecule has 0 N–H and O–H groups in total. The molecule has 2 rings (SSSR count). The number of nitrogens with zero attached hydrogens (tertiary/aromatic N) is 1. The summed E-state index contributed by atoms with van der Waals surface area (Å²) in [6, 6.07) is 3.69. The van der Waals surface area contributed by atoms with Crippen molar-refractivity contribution < 1.29 is 31.9 Å². The van der Waals surface area contributed by atoms with E-state index in [0.717, 1.165) is 0 Å². The van der Waals surface area contributed by atoms with Crippen LogP contribution in [0.4, 0.5) is 4.39 Å². The maximum atomic E-state index is 13.6. The van der Waals surface area contributed by atoms with Crippen LogP contribution in [0, 0.1) is 5.82 Å². The molecule has 9 heteroatoms. The van der Waals surface area contributed by atoms with Crippen molar-refractivity contribution in [1.29, 1.82) is 0 Å². The van der Waals surface area contributed by atoms with Crippen LogP contribution in [-0.2, 0) is 30.6 Å². The van der Waals surface area contributed by atoms with Crippen molar-refractivity contribution in [1.82, 2.24) is 4.90 Å². The van der Waals surface area contributed by atoms with Gasteiger partial charge in [-0.3, -0.25) is 9.59 Å². The van der Waals surface area contributed by atoms with Gasteiger partial charge in [-0.1, -0.05) is 6.07 Å². The van der Waals surface area contributed by atoms with E-state index in [0.29, 0.717) is 12.0 Å². The minimum absolute atomic E-state index is 0.0481. The highest BCUT2D eigenvalue weighted by Gasteiger charge is 2.34. The number of ether oxygens (including phenoxy) is 2.